The van der Waals surface area contributed by atoms with E-state index in [1.165, 1.54) is 25.7 Å². The van der Waals surface area contributed by atoms with Gasteiger partial charge in [-0.1, -0.05) is 19.8 Å². The Labute approximate surface area is 130 Å². The van der Waals surface area contributed by atoms with Gasteiger partial charge in [0, 0.05) is 26.1 Å². The van der Waals surface area contributed by atoms with Crippen molar-refractivity contribution in [3.05, 3.63) is 0 Å². The summed E-state index contributed by atoms with van der Waals surface area (Å²) >= 11 is 0. The molecule has 0 radical (unpaired) electrons. The summed E-state index contributed by atoms with van der Waals surface area (Å²) in [7, 11) is 1.70. The number of hydrogen-bond donors (Lipinski definition) is 1. The van der Waals surface area contributed by atoms with Gasteiger partial charge in [-0.25, -0.2) is 0 Å². The van der Waals surface area contributed by atoms with Crippen LogP contribution in [0.5, 0.6) is 0 Å². The van der Waals surface area contributed by atoms with Gasteiger partial charge in [0.05, 0.1) is 6.61 Å². The van der Waals surface area contributed by atoms with Crippen molar-refractivity contribution in [1.29, 1.82) is 0 Å². The smallest absolute Gasteiger partial charge is 0.222 e. The molecule has 2 atom stereocenters. The molecule has 1 rings (SSSR count). The number of carbonyl (C=O) groups is 1. The van der Waals surface area contributed by atoms with E-state index in [1.807, 2.05) is 4.90 Å². The Balaban J connectivity index is 2.46. The van der Waals surface area contributed by atoms with E-state index in [1.54, 1.807) is 7.11 Å². The molecule has 0 bridgehead atoms. The second kappa shape index (κ2) is 10.2. The molecule has 0 aromatic heterocycles. The van der Waals surface area contributed by atoms with Gasteiger partial charge in [-0.05, 0) is 51.0 Å². The predicted molar refractivity (Wildman–Crippen MR) is 87.1 cm³/mol. The quantitative estimate of drug-likeness (QED) is 0.603. The van der Waals surface area contributed by atoms with Crippen LogP contribution in [-0.4, -0.2) is 43.7 Å². The van der Waals surface area contributed by atoms with Crippen LogP contribution in [0.15, 0.2) is 0 Å². The van der Waals surface area contributed by atoms with Crippen molar-refractivity contribution in [1.82, 2.24) is 4.90 Å². The number of nitrogens with zero attached hydrogens (tertiary/aromatic N) is 1. The third kappa shape index (κ3) is 6.79. The SMILES string of the molecule is CCCC(CCN)CCC(=O)N(CCOC)C(C)C1CC1. The largest absolute Gasteiger partial charge is 0.383 e. The molecule has 0 saturated heterocycles. The number of carbonyl (C=O) groups excluding carboxylic acids is 1. The molecule has 4 nitrogen and oxygen atoms in total. The second-order valence-electron chi connectivity index (χ2n) is 6.43. The first-order valence-corrected chi connectivity index (χ1v) is 8.62. The van der Waals surface area contributed by atoms with Crippen LogP contribution in [0.4, 0.5) is 0 Å². The van der Waals surface area contributed by atoms with E-state index in [2.05, 4.69) is 13.8 Å². The van der Waals surface area contributed by atoms with Crippen molar-refractivity contribution in [2.24, 2.45) is 17.6 Å². The molecule has 0 aromatic carbocycles. The highest BCUT2D eigenvalue weighted by Crippen LogP contribution is 2.35. The zero-order valence-corrected chi connectivity index (χ0v) is 14.1. The zero-order chi connectivity index (χ0) is 15.7. The maximum absolute atomic E-state index is 12.6. The van der Waals surface area contributed by atoms with Crippen molar-refractivity contribution in [2.75, 3.05) is 26.8 Å². The number of ether oxygens (including phenoxy) is 1. The highest BCUT2D eigenvalue weighted by atomic mass is 16.5. The van der Waals surface area contributed by atoms with Crippen molar-refractivity contribution in [2.45, 2.75) is 64.8 Å². The summed E-state index contributed by atoms with van der Waals surface area (Å²) in [4.78, 5) is 14.6. The molecule has 1 amide bonds. The first kappa shape index (κ1) is 18.4. The number of amides is 1. The molecule has 1 fully saturated rings. The van der Waals surface area contributed by atoms with E-state index < -0.39 is 0 Å². The lowest BCUT2D eigenvalue weighted by Crippen LogP contribution is -2.42. The van der Waals surface area contributed by atoms with Crippen LogP contribution >= 0.6 is 0 Å². The van der Waals surface area contributed by atoms with Crippen molar-refractivity contribution in [3.63, 3.8) is 0 Å². The van der Waals surface area contributed by atoms with E-state index in [9.17, 15) is 4.79 Å². The lowest BCUT2D eigenvalue weighted by atomic mass is 9.94. The van der Waals surface area contributed by atoms with Crippen LogP contribution in [0, 0.1) is 11.8 Å². The highest BCUT2D eigenvalue weighted by molar-refractivity contribution is 5.76. The Morgan fingerprint density at radius 1 is 1.33 bits per heavy atom. The molecule has 0 spiro atoms. The van der Waals surface area contributed by atoms with Crippen molar-refractivity contribution in [3.8, 4) is 0 Å². The number of methoxy groups -OCH3 is 1. The minimum absolute atomic E-state index is 0.296. The Bertz CT molecular complexity index is 287. The molecule has 2 unspecified atom stereocenters. The Kier molecular flexibility index (Phi) is 8.93. The number of nitrogens with two attached hydrogens (primary N) is 1. The molecule has 4 heteroatoms. The molecule has 1 aliphatic rings. The van der Waals surface area contributed by atoms with Crippen LogP contribution in [0.3, 0.4) is 0 Å². The summed E-state index contributed by atoms with van der Waals surface area (Å²) in [5, 5.41) is 0. The number of rotatable bonds is 12. The summed E-state index contributed by atoms with van der Waals surface area (Å²) < 4.78 is 5.17. The molecule has 1 saturated carbocycles. The fourth-order valence-electron chi connectivity index (χ4n) is 3.13. The van der Waals surface area contributed by atoms with Crippen LogP contribution in [-0.2, 0) is 9.53 Å². The molecule has 0 heterocycles. The molecule has 1 aliphatic carbocycles. The average molecular weight is 298 g/mol. The monoisotopic (exact) mass is 298 g/mol. The predicted octanol–water partition coefficient (Wildman–Crippen LogP) is 2.81. The first-order valence-electron chi connectivity index (χ1n) is 8.62. The normalized spacial score (nSPS) is 17.5. The van der Waals surface area contributed by atoms with Crippen LogP contribution < -0.4 is 5.73 Å². The standard InChI is InChI=1S/C17H34N2O2/c1-4-5-15(10-11-18)6-9-17(20)19(12-13-21-3)14(2)16-7-8-16/h14-16H,4-13,18H2,1-3H3. The van der Waals surface area contributed by atoms with Gasteiger partial charge in [-0.3, -0.25) is 4.79 Å². The third-order valence-electron chi connectivity index (χ3n) is 4.69. The van der Waals surface area contributed by atoms with E-state index in [0.29, 0.717) is 36.8 Å². The molecule has 21 heavy (non-hydrogen) atoms. The minimum atomic E-state index is 0.296. The molecule has 124 valence electrons. The van der Waals surface area contributed by atoms with Crippen molar-refractivity contribution < 1.29 is 9.53 Å². The summed E-state index contributed by atoms with van der Waals surface area (Å²) in [6.45, 7) is 6.47. The first-order chi connectivity index (χ1) is 10.1. The van der Waals surface area contributed by atoms with E-state index in [4.69, 9.17) is 10.5 Å². The van der Waals surface area contributed by atoms with E-state index >= 15 is 0 Å². The third-order valence-corrected chi connectivity index (χ3v) is 4.69. The van der Waals surface area contributed by atoms with Crippen LogP contribution in [0.1, 0.15) is 58.8 Å². The Morgan fingerprint density at radius 2 is 2.05 bits per heavy atom. The minimum Gasteiger partial charge on any atom is -0.383 e. The molecular weight excluding hydrogens is 264 g/mol. The summed E-state index contributed by atoms with van der Waals surface area (Å²) in [5.41, 5.74) is 5.68. The zero-order valence-electron chi connectivity index (χ0n) is 14.1. The van der Waals surface area contributed by atoms with Gasteiger partial charge in [-0.15, -0.1) is 0 Å². The second-order valence-corrected chi connectivity index (χ2v) is 6.43. The summed E-state index contributed by atoms with van der Waals surface area (Å²) in [6.07, 6.45) is 7.56. The van der Waals surface area contributed by atoms with Gasteiger partial charge in [0.2, 0.25) is 5.91 Å². The van der Waals surface area contributed by atoms with Crippen LogP contribution in [0.25, 0.3) is 0 Å². The van der Waals surface area contributed by atoms with Gasteiger partial charge in [0.25, 0.3) is 0 Å². The average Bonchev–Trinajstić information content (AvgIpc) is 3.30. The van der Waals surface area contributed by atoms with Gasteiger partial charge in [-0.2, -0.15) is 0 Å². The van der Waals surface area contributed by atoms with Crippen LogP contribution in [0.2, 0.25) is 0 Å². The molecule has 0 aliphatic heterocycles. The van der Waals surface area contributed by atoms with Gasteiger partial charge < -0.3 is 15.4 Å². The van der Waals surface area contributed by atoms with Gasteiger partial charge in [0.15, 0.2) is 0 Å². The molecule has 2 N–H and O–H groups in total. The lowest BCUT2D eigenvalue weighted by Gasteiger charge is -2.30. The van der Waals surface area contributed by atoms with Gasteiger partial charge >= 0.3 is 0 Å². The topological polar surface area (TPSA) is 55.6 Å². The molecule has 0 aromatic rings. The maximum Gasteiger partial charge on any atom is 0.222 e. The summed E-state index contributed by atoms with van der Waals surface area (Å²) in [6, 6.07) is 0.367. The van der Waals surface area contributed by atoms with Crippen molar-refractivity contribution >= 4 is 5.91 Å². The highest BCUT2D eigenvalue weighted by Gasteiger charge is 2.33. The molecular formula is C17H34N2O2. The Hall–Kier alpha value is -0.610. The van der Waals surface area contributed by atoms with Gasteiger partial charge in [0.1, 0.15) is 0 Å². The van der Waals surface area contributed by atoms with E-state index in [-0.39, 0.29) is 0 Å². The number of hydrogen-bond acceptors (Lipinski definition) is 3. The fourth-order valence-corrected chi connectivity index (χ4v) is 3.13. The lowest BCUT2D eigenvalue weighted by molar-refractivity contribution is -0.134. The summed E-state index contributed by atoms with van der Waals surface area (Å²) in [5.74, 6) is 1.61. The fraction of sp³-hybridized carbons (Fsp3) is 0.941. The van der Waals surface area contributed by atoms with E-state index in [0.717, 1.165) is 25.9 Å². The Morgan fingerprint density at radius 3 is 2.57 bits per heavy atom. The maximum atomic E-state index is 12.6.